The van der Waals surface area contributed by atoms with Crippen LogP contribution in [-0.2, 0) is 12.5 Å². The van der Waals surface area contributed by atoms with E-state index in [9.17, 15) is 0 Å². The summed E-state index contributed by atoms with van der Waals surface area (Å²) in [5.74, 6) is 0.990. The molecule has 0 fully saturated rings. The fourth-order valence-corrected chi connectivity index (χ4v) is 7.80. The maximum atomic E-state index is 4.89. The average molecular weight is 551 g/mol. The zero-order valence-corrected chi connectivity index (χ0v) is 24.5. The first-order chi connectivity index (χ1) is 21.0. The number of para-hydroxylation sites is 2. The third-order valence-electron chi connectivity index (χ3n) is 9.74. The van der Waals surface area contributed by atoms with Gasteiger partial charge in [0.15, 0.2) is 0 Å². The molecule has 1 aliphatic rings. The van der Waals surface area contributed by atoms with Crippen LogP contribution in [0.2, 0.25) is 0 Å². The Bertz CT molecular complexity index is 2420. The largest absolute Gasteiger partial charge is 0.327 e. The SMILES string of the molecule is Cn1c(-c2ccc(-c3ccc4c5c(ccc4c3)-c3c(c4ccccc4c4ccccc34)C5(C)C)cc2)nc2ccccc21. The lowest BCUT2D eigenvalue weighted by molar-refractivity contribution is 0.672. The Morgan fingerprint density at radius 1 is 0.535 bits per heavy atom. The Morgan fingerprint density at radius 2 is 1.16 bits per heavy atom. The molecule has 2 heteroatoms. The molecule has 0 radical (unpaired) electrons. The van der Waals surface area contributed by atoms with Crippen molar-refractivity contribution in [3.05, 3.63) is 139 Å². The first-order valence-electron chi connectivity index (χ1n) is 15.0. The summed E-state index contributed by atoms with van der Waals surface area (Å²) in [5, 5.41) is 8.00. The second kappa shape index (κ2) is 8.65. The number of hydrogen-bond acceptors (Lipinski definition) is 1. The summed E-state index contributed by atoms with van der Waals surface area (Å²) >= 11 is 0. The van der Waals surface area contributed by atoms with Gasteiger partial charge in [-0.15, -0.1) is 0 Å². The molecular weight excluding hydrogens is 520 g/mol. The summed E-state index contributed by atoms with van der Waals surface area (Å²) < 4.78 is 2.17. The van der Waals surface area contributed by atoms with E-state index in [0.717, 1.165) is 22.4 Å². The van der Waals surface area contributed by atoms with Gasteiger partial charge in [-0.2, -0.15) is 0 Å². The van der Waals surface area contributed by atoms with Crippen LogP contribution in [0.1, 0.15) is 25.0 Å². The number of nitrogens with zero attached hydrogens (tertiary/aromatic N) is 2. The number of rotatable bonds is 2. The second-order valence-electron chi connectivity index (χ2n) is 12.5. The first-order valence-corrected chi connectivity index (χ1v) is 15.0. The maximum absolute atomic E-state index is 4.89. The molecule has 9 rings (SSSR count). The second-order valence-corrected chi connectivity index (χ2v) is 12.5. The van der Waals surface area contributed by atoms with Crippen LogP contribution >= 0.6 is 0 Å². The zero-order valence-electron chi connectivity index (χ0n) is 24.5. The lowest BCUT2D eigenvalue weighted by Gasteiger charge is -2.25. The molecular formula is C41H30N2. The van der Waals surface area contributed by atoms with E-state index < -0.39 is 0 Å². The van der Waals surface area contributed by atoms with Gasteiger partial charge in [-0.1, -0.05) is 123 Å². The number of aromatic nitrogens is 2. The van der Waals surface area contributed by atoms with Crippen LogP contribution in [0, 0.1) is 0 Å². The van der Waals surface area contributed by atoms with Gasteiger partial charge < -0.3 is 4.57 Å². The van der Waals surface area contributed by atoms with E-state index in [0.29, 0.717) is 0 Å². The fraction of sp³-hybridized carbons (Fsp3) is 0.0976. The third kappa shape index (κ3) is 3.32. The van der Waals surface area contributed by atoms with Crippen LogP contribution in [0.25, 0.3) is 77.0 Å². The Hall–Kier alpha value is -5.21. The Kier molecular flexibility index (Phi) is 4.91. The van der Waals surface area contributed by atoms with Gasteiger partial charge in [0.1, 0.15) is 5.82 Å². The molecule has 0 bridgehead atoms. The van der Waals surface area contributed by atoms with Gasteiger partial charge in [0.25, 0.3) is 0 Å². The summed E-state index contributed by atoms with van der Waals surface area (Å²) in [7, 11) is 2.09. The number of imidazole rings is 1. The van der Waals surface area contributed by atoms with E-state index in [2.05, 4.69) is 147 Å². The standard InChI is InChI=1S/C41H30N2/c1-41(2)38-29-22-20-27(25-16-18-26(19-17-25)40-42-35-14-8-9-15-36(35)43(40)3)24-28(29)21-23-34(38)37-32-12-6-4-10-30(32)31-11-5-7-13-33(31)39(37)41/h4-24H,1-3H3. The lowest BCUT2D eigenvalue weighted by Crippen LogP contribution is -2.16. The van der Waals surface area contributed by atoms with Crippen LogP contribution in [0.5, 0.6) is 0 Å². The Labute approximate surface area is 250 Å². The predicted octanol–water partition coefficient (Wildman–Crippen LogP) is 10.7. The Balaban J connectivity index is 1.18. The minimum Gasteiger partial charge on any atom is -0.327 e. The summed E-state index contributed by atoms with van der Waals surface area (Å²) in [4.78, 5) is 4.89. The summed E-state index contributed by atoms with van der Waals surface area (Å²) in [6.07, 6.45) is 0. The first kappa shape index (κ1) is 24.4. The van der Waals surface area contributed by atoms with Crippen LogP contribution in [0.3, 0.4) is 0 Å². The minimum atomic E-state index is -0.122. The average Bonchev–Trinajstić information content (AvgIpc) is 3.52. The van der Waals surface area contributed by atoms with Crippen molar-refractivity contribution in [2.24, 2.45) is 7.05 Å². The molecule has 0 spiro atoms. The van der Waals surface area contributed by atoms with Crippen LogP contribution in [0.4, 0.5) is 0 Å². The maximum Gasteiger partial charge on any atom is 0.140 e. The topological polar surface area (TPSA) is 17.8 Å². The van der Waals surface area contributed by atoms with Gasteiger partial charge in [-0.25, -0.2) is 4.98 Å². The lowest BCUT2D eigenvalue weighted by atomic mass is 9.77. The van der Waals surface area contributed by atoms with Crippen molar-refractivity contribution in [2.75, 3.05) is 0 Å². The van der Waals surface area contributed by atoms with Crippen molar-refractivity contribution in [2.45, 2.75) is 19.3 Å². The molecule has 43 heavy (non-hydrogen) atoms. The molecule has 0 saturated heterocycles. The normalized spacial score (nSPS) is 13.7. The number of fused-ring (bicyclic) bond motifs is 11. The van der Waals surface area contributed by atoms with Crippen molar-refractivity contribution in [3.8, 4) is 33.6 Å². The fourth-order valence-electron chi connectivity index (χ4n) is 7.80. The van der Waals surface area contributed by atoms with E-state index >= 15 is 0 Å². The molecule has 0 atom stereocenters. The van der Waals surface area contributed by atoms with Crippen molar-refractivity contribution in [3.63, 3.8) is 0 Å². The van der Waals surface area contributed by atoms with Gasteiger partial charge in [-0.05, 0) is 83.9 Å². The summed E-state index contributed by atoms with van der Waals surface area (Å²) in [5.41, 5.74) is 11.3. The van der Waals surface area contributed by atoms with E-state index in [1.54, 1.807) is 0 Å². The van der Waals surface area contributed by atoms with E-state index in [1.165, 1.54) is 65.7 Å². The summed E-state index contributed by atoms with van der Waals surface area (Å²) in [6.45, 7) is 4.82. The van der Waals surface area contributed by atoms with Gasteiger partial charge >= 0.3 is 0 Å². The van der Waals surface area contributed by atoms with Crippen LogP contribution in [-0.4, -0.2) is 9.55 Å². The van der Waals surface area contributed by atoms with Gasteiger partial charge in [0, 0.05) is 18.0 Å². The van der Waals surface area contributed by atoms with Crippen LogP contribution < -0.4 is 0 Å². The highest BCUT2D eigenvalue weighted by atomic mass is 15.1. The molecule has 0 N–H and O–H groups in total. The molecule has 0 saturated carbocycles. The number of benzene rings is 7. The predicted molar refractivity (Wildman–Crippen MR) is 182 cm³/mol. The highest BCUT2D eigenvalue weighted by molar-refractivity contribution is 6.19. The number of aryl methyl sites for hydroxylation is 1. The van der Waals surface area contributed by atoms with Gasteiger partial charge in [0.2, 0.25) is 0 Å². The molecule has 8 aromatic rings. The van der Waals surface area contributed by atoms with Crippen molar-refractivity contribution in [1.82, 2.24) is 9.55 Å². The van der Waals surface area contributed by atoms with E-state index in [-0.39, 0.29) is 5.41 Å². The van der Waals surface area contributed by atoms with Gasteiger partial charge in [0.05, 0.1) is 11.0 Å². The summed E-state index contributed by atoms with van der Waals surface area (Å²) in [6, 6.07) is 46.7. The molecule has 2 nitrogen and oxygen atoms in total. The van der Waals surface area contributed by atoms with Gasteiger partial charge in [-0.3, -0.25) is 0 Å². The molecule has 0 aliphatic heterocycles. The van der Waals surface area contributed by atoms with E-state index in [1.807, 2.05) is 6.07 Å². The van der Waals surface area contributed by atoms with Crippen molar-refractivity contribution in [1.29, 1.82) is 0 Å². The molecule has 0 amide bonds. The van der Waals surface area contributed by atoms with Crippen LogP contribution in [0.15, 0.2) is 127 Å². The quantitative estimate of drug-likeness (QED) is 0.196. The molecule has 7 aromatic carbocycles. The van der Waals surface area contributed by atoms with E-state index in [4.69, 9.17) is 4.98 Å². The molecule has 1 heterocycles. The number of hydrogen-bond donors (Lipinski definition) is 0. The Morgan fingerprint density at radius 3 is 1.93 bits per heavy atom. The highest BCUT2D eigenvalue weighted by Crippen LogP contribution is 2.56. The minimum absolute atomic E-state index is 0.122. The highest BCUT2D eigenvalue weighted by Gasteiger charge is 2.39. The van der Waals surface area contributed by atoms with Crippen molar-refractivity contribution < 1.29 is 0 Å². The monoisotopic (exact) mass is 550 g/mol. The molecule has 1 aromatic heterocycles. The molecule has 1 aliphatic carbocycles. The third-order valence-corrected chi connectivity index (χ3v) is 9.74. The smallest absolute Gasteiger partial charge is 0.140 e. The van der Waals surface area contributed by atoms with Crippen molar-refractivity contribution >= 4 is 43.4 Å². The molecule has 204 valence electrons. The molecule has 0 unspecified atom stereocenters. The zero-order chi connectivity index (χ0) is 28.9.